The summed E-state index contributed by atoms with van der Waals surface area (Å²) in [6.07, 6.45) is 0.371. The summed E-state index contributed by atoms with van der Waals surface area (Å²) < 4.78 is 19.2. The normalized spacial score (nSPS) is 11.3. The number of carbonyl (C=O) groups excluding carboxylic acids is 1. The second-order valence-electron chi connectivity index (χ2n) is 6.15. The van der Waals surface area contributed by atoms with Gasteiger partial charge in [-0.15, -0.1) is 0 Å². The number of aryl methyl sites for hydroxylation is 1. The van der Waals surface area contributed by atoms with Crippen molar-refractivity contribution in [2.75, 3.05) is 6.54 Å². The lowest BCUT2D eigenvalue weighted by Gasteiger charge is -2.25. The molecule has 2 N–H and O–H groups in total. The van der Waals surface area contributed by atoms with E-state index < -0.39 is 17.3 Å². The van der Waals surface area contributed by atoms with Crippen LogP contribution >= 0.6 is 0 Å². The van der Waals surface area contributed by atoms with Crippen molar-refractivity contribution in [2.24, 2.45) is 0 Å². The highest BCUT2D eigenvalue weighted by Crippen LogP contribution is 2.25. The number of hydrogen-bond donors (Lipinski definition) is 2. The molecule has 1 heterocycles. The molecule has 5 nitrogen and oxygen atoms in total. The maximum atomic E-state index is 13.9. The Hall–Kier alpha value is -2.63. The van der Waals surface area contributed by atoms with Gasteiger partial charge in [0, 0.05) is 24.4 Å². The Labute approximate surface area is 139 Å². The Morgan fingerprint density at radius 1 is 1.29 bits per heavy atom. The number of nitrogens with one attached hydrogen (secondary N) is 1. The van der Waals surface area contributed by atoms with Crippen LogP contribution in [0.4, 0.5) is 4.39 Å². The average Bonchev–Trinajstić information content (AvgIpc) is 2.97. The minimum Gasteiger partial charge on any atom is -0.478 e. The van der Waals surface area contributed by atoms with E-state index >= 15 is 0 Å². The lowest BCUT2D eigenvalue weighted by Crippen LogP contribution is -2.37. The highest BCUT2D eigenvalue weighted by Gasteiger charge is 2.26. The molecular formula is C18H20FNO4. The molecule has 0 aliphatic heterocycles. The monoisotopic (exact) mass is 333 g/mol. The van der Waals surface area contributed by atoms with E-state index in [1.165, 1.54) is 12.1 Å². The fourth-order valence-corrected chi connectivity index (χ4v) is 2.48. The number of benzene rings is 1. The van der Waals surface area contributed by atoms with Crippen LogP contribution in [0.15, 0.2) is 34.7 Å². The third-order valence-electron chi connectivity index (χ3n) is 3.88. The lowest BCUT2D eigenvalue weighted by molar-refractivity contribution is 0.0694. The van der Waals surface area contributed by atoms with E-state index in [9.17, 15) is 14.0 Å². The maximum absolute atomic E-state index is 13.9. The van der Waals surface area contributed by atoms with Crippen LogP contribution in [0, 0.1) is 5.82 Å². The molecule has 24 heavy (non-hydrogen) atoms. The number of hydrogen-bond acceptors (Lipinski definition) is 3. The van der Waals surface area contributed by atoms with Gasteiger partial charge >= 0.3 is 5.97 Å². The molecule has 1 aromatic carbocycles. The molecule has 0 saturated heterocycles. The van der Waals surface area contributed by atoms with Crippen LogP contribution in [-0.4, -0.2) is 23.5 Å². The number of carboxylic acid groups (broad SMARTS) is 1. The minimum atomic E-state index is -1.14. The summed E-state index contributed by atoms with van der Waals surface area (Å²) in [5.74, 6) is -1.81. The molecule has 0 aliphatic rings. The molecule has 0 radical (unpaired) electrons. The highest BCUT2D eigenvalue weighted by atomic mass is 19.1. The smallest absolute Gasteiger partial charge is 0.339 e. The van der Waals surface area contributed by atoms with Gasteiger partial charge in [-0.3, -0.25) is 4.79 Å². The zero-order valence-corrected chi connectivity index (χ0v) is 13.9. The Bertz CT molecular complexity index is 764. The van der Waals surface area contributed by atoms with E-state index in [4.69, 9.17) is 9.52 Å². The fourth-order valence-electron chi connectivity index (χ4n) is 2.48. The first-order chi connectivity index (χ1) is 11.3. The molecule has 0 atom stereocenters. The third kappa shape index (κ3) is 3.64. The second-order valence-corrected chi connectivity index (χ2v) is 6.15. The number of halogens is 1. The zero-order chi connectivity index (χ0) is 17.9. The van der Waals surface area contributed by atoms with Crippen LogP contribution in [0.25, 0.3) is 0 Å². The number of rotatable bonds is 6. The molecule has 2 aromatic rings. The molecular weight excluding hydrogens is 313 g/mol. The van der Waals surface area contributed by atoms with Crippen molar-refractivity contribution in [1.82, 2.24) is 5.32 Å². The Morgan fingerprint density at radius 2 is 1.96 bits per heavy atom. The molecule has 0 saturated carbocycles. The minimum absolute atomic E-state index is 0.0176. The topological polar surface area (TPSA) is 79.5 Å². The van der Waals surface area contributed by atoms with Gasteiger partial charge in [-0.2, -0.15) is 0 Å². The Kier molecular flexibility index (Phi) is 5.07. The molecule has 6 heteroatoms. The number of amides is 1. The standard InChI is InChI=1S/C18H20FNO4/c1-4-14-11(17(22)23)9-15(24-14)16(21)20-10-18(2,3)12-7-5-6-8-13(12)19/h5-9H,4,10H2,1-3H3,(H,20,21)(H,22,23). The number of carbonyl (C=O) groups is 2. The molecule has 0 fully saturated rings. The largest absolute Gasteiger partial charge is 0.478 e. The van der Waals surface area contributed by atoms with Gasteiger partial charge in [0.25, 0.3) is 5.91 Å². The van der Waals surface area contributed by atoms with E-state index in [-0.39, 0.29) is 29.4 Å². The van der Waals surface area contributed by atoms with Crippen LogP contribution in [0.1, 0.15) is 53.0 Å². The van der Waals surface area contributed by atoms with Crippen molar-refractivity contribution in [3.63, 3.8) is 0 Å². The van der Waals surface area contributed by atoms with E-state index in [0.29, 0.717) is 12.0 Å². The summed E-state index contributed by atoms with van der Waals surface area (Å²) in [5, 5.41) is 11.8. The van der Waals surface area contributed by atoms with Crippen LogP contribution < -0.4 is 5.32 Å². The van der Waals surface area contributed by atoms with Crippen LogP contribution in [0.2, 0.25) is 0 Å². The molecule has 2 rings (SSSR count). The van der Waals surface area contributed by atoms with Gasteiger partial charge in [-0.25, -0.2) is 9.18 Å². The van der Waals surface area contributed by atoms with Crippen molar-refractivity contribution in [3.8, 4) is 0 Å². The summed E-state index contributed by atoms with van der Waals surface area (Å²) in [7, 11) is 0. The van der Waals surface area contributed by atoms with Gasteiger partial charge in [-0.05, 0) is 11.6 Å². The predicted octanol–water partition coefficient (Wildman–Crippen LogP) is 3.39. The van der Waals surface area contributed by atoms with E-state index in [0.717, 1.165) is 0 Å². The first-order valence-electron chi connectivity index (χ1n) is 7.65. The summed E-state index contributed by atoms with van der Waals surface area (Å²) in [6, 6.07) is 7.61. The predicted molar refractivity (Wildman–Crippen MR) is 86.8 cm³/mol. The zero-order valence-electron chi connectivity index (χ0n) is 13.9. The number of furan rings is 1. The molecule has 0 unspecified atom stereocenters. The van der Waals surface area contributed by atoms with E-state index in [2.05, 4.69) is 5.32 Å². The summed E-state index contributed by atoms with van der Waals surface area (Å²) in [5.41, 5.74) is -0.155. The van der Waals surface area contributed by atoms with Crippen molar-refractivity contribution in [3.05, 3.63) is 58.8 Å². The molecule has 1 amide bonds. The van der Waals surface area contributed by atoms with Crippen LogP contribution in [0.5, 0.6) is 0 Å². The Morgan fingerprint density at radius 3 is 2.50 bits per heavy atom. The Balaban J connectivity index is 2.13. The lowest BCUT2D eigenvalue weighted by atomic mass is 9.84. The summed E-state index contributed by atoms with van der Waals surface area (Å²) >= 11 is 0. The highest BCUT2D eigenvalue weighted by molar-refractivity contribution is 5.96. The van der Waals surface area contributed by atoms with Gasteiger partial charge in [0.2, 0.25) is 0 Å². The van der Waals surface area contributed by atoms with Crippen molar-refractivity contribution >= 4 is 11.9 Å². The SMILES string of the molecule is CCc1oc(C(=O)NCC(C)(C)c2ccccc2F)cc1C(=O)O. The second kappa shape index (κ2) is 6.86. The molecule has 0 spiro atoms. The fraction of sp³-hybridized carbons (Fsp3) is 0.333. The maximum Gasteiger partial charge on any atom is 0.339 e. The summed E-state index contributed by atoms with van der Waals surface area (Å²) in [4.78, 5) is 23.3. The van der Waals surface area contributed by atoms with Gasteiger partial charge in [0.15, 0.2) is 5.76 Å². The average molecular weight is 333 g/mol. The molecule has 0 aliphatic carbocycles. The molecule has 0 bridgehead atoms. The summed E-state index contributed by atoms with van der Waals surface area (Å²) in [6.45, 7) is 5.55. The van der Waals surface area contributed by atoms with E-state index in [1.54, 1.807) is 25.1 Å². The third-order valence-corrected chi connectivity index (χ3v) is 3.88. The van der Waals surface area contributed by atoms with Gasteiger partial charge in [0.1, 0.15) is 17.1 Å². The van der Waals surface area contributed by atoms with E-state index in [1.807, 2.05) is 13.8 Å². The van der Waals surface area contributed by atoms with Gasteiger partial charge in [0.05, 0.1) is 0 Å². The van der Waals surface area contributed by atoms with Crippen molar-refractivity contribution in [1.29, 1.82) is 0 Å². The quantitative estimate of drug-likeness (QED) is 0.849. The first kappa shape index (κ1) is 17.7. The molecule has 128 valence electrons. The van der Waals surface area contributed by atoms with Crippen molar-refractivity contribution in [2.45, 2.75) is 32.6 Å². The van der Waals surface area contributed by atoms with Crippen LogP contribution in [0.3, 0.4) is 0 Å². The number of carboxylic acids is 1. The first-order valence-corrected chi connectivity index (χ1v) is 7.65. The van der Waals surface area contributed by atoms with Gasteiger partial charge < -0.3 is 14.8 Å². The van der Waals surface area contributed by atoms with Crippen molar-refractivity contribution < 1.29 is 23.5 Å². The van der Waals surface area contributed by atoms with Gasteiger partial charge in [-0.1, -0.05) is 39.0 Å². The molecule has 1 aromatic heterocycles. The van der Waals surface area contributed by atoms with Crippen LogP contribution in [-0.2, 0) is 11.8 Å². The number of aromatic carboxylic acids is 1.